The van der Waals surface area contributed by atoms with Crippen molar-refractivity contribution in [2.24, 2.45) is 0 Å². The normalized spacial score (nSPS) is 10.6. The van der Waals surface area contributed by atoms with Crippen LogP contribution in [0.2, 0.25) is 5.15 Å². The summed E-state index contributed by atoms with van der Waals surface area (Å²) in [6.45, 7) is 2.06. The third-order valence-electron chi connectivity index (χ3n) is 3.68. The fourth-order valence-electron chi connectivity index (χ4n) is 2.37. The second-order valence-electron chi connectivity index (χ2n) is 5.63. The van der Waals surface area contributed by atoms with Crippen LogP contribution in [0.4, 0.5) is 0 Å². The first-order valence-electron chi connectivity index (χ1n) is 7.97. The van der Waals surface area contributed by atoms with Gasteiger partial charge in [-0.2, -0.15) is 0 Å². The maximum absolute atomic E-state index is 5.87. The van der Waals surface area contributed by atoms with Crippen LogP contribution in [0, 0.1) is 0 Å². The van der Waals surface area contributed by atoms with Gasteiger partial charge in [-0.1, -0.05) is 54.1 Å². The Labute approximate surface area is 161 Å². The van der Waals surface area contributed by atoms with Crippen molar-refractivity contribution in [3.8, 4) is 5.75 Å². The average molecular weight is 418 g/mol. The van der Waals surface area contributed by atoms with Crippen LogP contribution in [0.15, 0.2) is 71.3 Å². The van der Waals surface area contributed by atoms with E-state index in [9.17, 15) is 0 Å². The van der Waals surface area contributed by atoms with Crippen LogP contribution in [0.25, 0.3) is 0 Å². The summed E-state index contributed by atoms with van der Waals surface area (Å²) >= 11 is 9.38. The van der Waals surface area contributed by atoms with Crippen molar-refractivity contribution in [3.05, 3.63) is 93.2 Å². The summed E-state index contributed by atoms with van der Waals surface area (Å²) in [5, 5.41) is 3.91. The molecule has 0 aliphatic carbocycles. The Morgan fingerprint density at radius 3 is 2.40 bits per heavy atom. The Kier molecular flexibility index (Phi) is 6.45. The molecule has 2 aromatic carbocycles. The van der Waals surface area contributed by atoms with Crippen LogP contribution in [0.5, 0.6) is 5.75 Å². The summed E-state index contributed by atoms with van der Waals surface area (Å²) in [6, 6.07) is 20.0. The van der Waals surface area contributed by atoms with Crippen LogP contribution < -0.4 is 10.1 Å². The maximum atomic E-state index is 5.87. The number of benzene rings is 2. The second-order valence-corrected chi connectivity index (χ2v) is 6.87. The smallest absolute Gasteiger partial charge is 0.134 e. The summed E-state index contributed by atoms with van der Waals surface area (Å²) in [5.41, 5.74) is 3.43. The minimum absolute atomic E-state index is 0.513. The lowest BCUT2D eigenvalue weighted by molar-refractivity contribution is 0.304. The molecule has 0 bridgehead atoms. The zero-order valence-corrected chi connectivity index (χ0v) is 15.9. The molecule has 0 atom stereocenters. The molecule has 1 N–H and O–H groups in total. The number of nitrogens with one attached hydrogen (secondary N) is 1. The average Bonchev–Trinajstić information content (AvgIpc) is 2.63. The molecule has 1 heterocycles. The summed E-state index contributed by atoms with van der Waals surface area (Å²) in [4.78, 5) is 4.08. The monoisotopic (exact) mass is 416 g/mol. The molecule has 0 aliphatic heterocycles. The topological polar surface area (TPSA) is 34.1 Å². The van der Waals surface area contributed by atoms with E-state index in [1.165, 1.54) is 5.56 Å². The SMILES string of the molecule is Clc1ccc(CNCc2ccc(OCc3ccccc3)c(Br)c2)cn1. The molecule has 3 nitrogen and oxygen atoms in total. The Balaban J connectivity index is 1.51. The molecular weight excluding hydrogens is 400 g/mol. The van der Waals surface area contributed by atoms with Gasteiger partial charge in [0.05, 0.1) is 4.47 Å². The van der Waals surface area contributed by atoms with Crippen LogP contribution in [0.1, 0.15) is 16.7 Å². The van der Waals surface area contributed by atoms with Gasteiger partial charge in [0.25, 0.3) is 0 Å². The number of rotatable bonds is 7. The first-order chi connectivity index (χ1) is 12.2. The molecule has 5 heteroatoms. The molecule has 0 saturated heterocycles. The molecule has 3 rings (SSSR count). The number of pyridine rings is 1. The number of hydrogen-bond donors (Lipinski definition) is 1. The van der Waals surface area contributed by atoms with Gasteiger partial charge in [-0.3, -0.25) is 0 Å². The van der Waals surface area contributed by atoms with E-state index >= 15 is 0 Å². The van der Waals surface area contributed by atoms with Crippen LogP contribution >= 0.6 is 27.5 Å². The third-order valence-corrected chi connectivity index (χ3v) is 4.52. The molecule has 0 saturated carbocycles. The van der Waals surface area contributed by atoms with Crippen molar-refractivity contribution in [3.63, 3.8) is 0 Å². The molecular formula is C20H18BrClN2O. The van der Waals surface area contributed by atoms with E-state index in [4.69, 9.17) is 16.3 Å². The van der Waals surface area contributed by atoms with E-state index in [2.05, 4.69) is 50.5 Å². The molecule has 128 valence electrons. The molecule has 0 unspecified atom stereocenters. The molecule has 0 aliphatic rings. The van der Waals surface area contributed by atoms with Crippen molar-refractivity contribution in [1.29, 1.82) is 0 Å². The van der Waals surface area contributed by atoms with E-state index in [1.807, 2.05) is 30.3 Å². The molecule has 25 heavy (non-hydrogen) atoms. The Morgan fingerprint density at radius 1 is 0.920 bits per heavy atom. The predicted octanol–water partition coefficient (Wildman–Crippen LogP) is 5.37. The predicted molar refractivity (Wildman–Crippen MR) is 105 cm³/mol. The van der Waals surface area contributed by atoms with Gasteiger partial charge in [-0.25, -0.2) is 4.98 Å². The Bertz CT molecular complexity index is 810. The van der Waals surface area contributed by atoms with Gasteiger partial charge in [0.1, 0.15) is 17.5 Å². The van der Waals surface area contributed by atoms with Crippen molar-refractivity contribution in [2.75, 3.05) is 0 Å². The maximum Gasteiger partial charge on any atom is 0.134 e. The standard InChI is InChI=1S/C20H18BrClN2O/c21-18-10-16(11-23-12-17-7-9-20(22)24-13-17)6-8-19(18)25-14-15-4-2-1-3-5-15/h1-10,13,23H,11-12,14H2. The second kappa shape index (κ2) is 8.99. The van der Waals surface area contributed by atoms with Crippen molar-refractivity contribution >= 4 is 27.5 Å². The first-order valence-corrected chi connectivity index (χ1v) is 9.14. The number of halogens is 2. The van der Waals surface area contributed by atoms with Gasteiger partial charge in [0.15, 0.2) is 0 Å². The van der Waals surface area contributed by atoms with Crippen LogP contribution in [-0.2, 0) is 19.7 Å². The Hall–Kier alpha value is -1.88. The number of hydrogen-bond acceptors (Lipinski definition) is 3. The lowest BCUT2D eigenvalue weighted by atomic mass is 10.2. The first kappa shape index (κ1) is 17.9. The van der Waals surface area contributed by atoms with E-state index in [0.29, 0.717) is 11.8 Å². The quantitative estimate of drug-likeness (QED) is 0.525. The largest absolute Gasteiger partial charge is 0.488 e. The van der Waals surface area contributed by atoms with E-state index < -0.39 is 0 Å². The van der Waals surface area contributed by atoms with Gasteiger partial charge in [-0.05, 0) is 50.8 Å². The number of ether oxygens (including phenoxy) is 1. The van der Waals surface area contributed by atoms with Gasteiger partial charge in [0.2, 0.25) is 0 Å². The molecule has 1 aromatic heterocycles. The van der Waals surface area contributed by atoms with E-state index in [-0.39, 0.29) is 0 Å². The fraction of sp³-hybridized carbons (Fsp3) is 0.150. The van der Waals surface area contributed by atoms with Gasteiger partial charge >= 0.3 is 0 Å². The van der Waals surface area contributed by atoms with Crippen molar-refractivity contribution < 1.29 is 4.74 Å². The van der Waals surface area contributed by atoms with E-state index in [1.54, 1.807) is 12.3 Å². The number of nitrogens with zero attached hydrogens (tertiary/aromatic N) is 1. The molecule has 3 aromatic rings. The highest BCUT2D eigenvalue weighted by molar-refractivity contribution is 9.10. The zero-order chi connectivity index (χ0) is 17.5. The summed E-state index contributed by atoms with van der Waals surface area (Å²) in [7, 11) is 0. The summed E-state index contributed by atoms with van der Waals surface area (Å²) in [6.07, 6.45) is 1.78. The van der Waals surface area contributed by atoms with Gasteiger partial charge in [0, 0.05) is 19.3 Å². The molecule has 0 amide bonds. The highest BCUT2D eigenvalue weighted by Crippen LogP contribution is 2.27. The minimum Gasteiger partial charge on any atom is -0.488 e. The van der Waals surface area contributed by atoms with Gasteiger partial charge in [-0.15, -0.1) is 0 Å². The van der Waals surface area contributed by atoms with Gasteiger partial charge < -0.3 is 10.1 Å². The van der Waals surface area contributed by atoms with E-state index in [0.717, 1.165) is 34.4 Å². The third kappa shape index (κ3) is 5.56. The summed E-state index contributed by atoms with van der Waals surface area (Å²) < 4.78 is 6.83. The minimum atomic E-state index is 0.513. The lowest BCUT2D eigenvalue weighted by Crippen LogP contribution is -2.12. The fourth-order valence-corrected chi connectivity index (χ4v) is 3.02. The number of aromatic nitrogens is 1. The highest BCUT2D eigenvalue weighted by atomic mass is 79.9. The summed E-state index contributed by atoms with van der Waals surface area (Å²) in [5.74, 6) is 0.842. The Morgan fingerprint density at radius 2 is 1.68 bits per heavy atom. The molecule has 0 spiro atoms. The lowest BCUT2D eigenvalue weighted by Gasteiger charge is -2.11. The molecule has 0 fully saturated rings. The van der Waals surface area contributed by atoms with Crippen molar-refractivity contribution in [2.45, 2.75) is 19.7 Å². The van der Waals surface area contributed by atoms with Crippen molar-refractivity contribution in [1.82, 2.24) is 10.3 Å². The van der Waals surface area contributed by atoms with Crippen LogP contribution in [-0.4, -0.2) is 4.98 Å². The molecule has 0 radical (unpaired) electrons. The zero-order valence-electron chi connectivity index (χ0n) is 13.6. The van der Waals surface area contributed by atoms with Crippen LogP contribution in [0.3, 0.4) is 0 Å². The highest BCUT2D eigenvalue weighted by Gasteiger charge is 2.04.